The highest BCUT2D eigenvalue weighted by Gasteiger charge is 2.38. The Kier molecular flexibility index (Phi) is 8.44. The van der Waals surface area contributed by atoms with E-state index in [0.717, 1.165) is 0 Å². The average Bonchev–Trinajstić information content (AvgIpc) is 3.39. The van der Waals surface area contributed by atoms with Crippen molar-refractivity contribution < 1.29 is 32.5 Å². The first kappa shape index (κ1) is 26.1. The molecular formula is C22H25F3N6O4. The highest BCUT2D eigenvalue weighted by molar-refractivity contribution is 5.93. The zero-order valence-corrected chi connectivity index (χ0v) is 19.1. The first-order valence-electron chi connectivity index (χ1n) is 10.5. The molecule has 0 saturated carbocycles. The fourth-order valence-corrected chi connectivity index (χ4v) is 3.42. The number of aliphatic imine (C=N–C) groups is 1. The Bertz CT molecular complexity index is 1150. The minimum absolute atomic E-state index is 0.254. The summed E-state index contributed by atoms with van der Waals surface area (Å²) in [6.45, 7) is 3.14. The number of hydrogen-bond donors (Lipinski definition) is 2. The van der Waals surface area contributed by atoms with Crippen LogP contribution in [0.1, 0.15) is 18.2 Å². The Morgan fingerprint density at radius 1 is 1.49 bits per heavy atom. The first-order valence-corrected chi connectivity index (χ1v) is 10.5. The zero-order chi connectivity index (χ0) is 25.6. The van der Waals surface area contributed by atoms with Crippen LogP contribution in [-0.2, 0) is 14.3 Å². The quantitative estimate of drug-likeness (QED) is 0.248. The van der Waals surface area contributed by atoms with Gasteiger partial charge in [0.05, 0.1) is 43.2 Å². The average molecular weight is 494 g/mol. The molecule has 1 aliphatic rings. The standard InChI is InChI=1S/C22H25F3N6O4/c1-4-8-34-15-9-17(35-16(15)11-32)31-10-14(6-5-7-26-21(33)22(23,24)25)18-19(29-13-30(2)3)27-12-28-20(18)31/h4,10,12-13,15-17,32H,1,7-9,11H2,2-3H3,(H,26,33). The summed E-state index contributed by atoms with van der Waals surface area (Å²) in [7, 11) is 3.56. The second-order valence-electron chi connectivity index (χ2n) is 7.74. The van der Waals surface area contributed by atoms with E-state index >= 15 is 0 Å². The minimum atomic E-state index is -4.99. The van der Waals surface area contributed by atoms with Crippen LogP contribution < -0.4 is 5.32 Å². The van der Waals surface area contributed by atoms with Crippen LogP contribution in [-0.4, -0.2) is 89.0 Å². The highest BCUT2D eigenvalue weighted by Crippen LogP contribution is 2.36. The summed E-state index contributed by atoms with van der Waals surface area (Å²) in [6, 6.07) is 0. The number of aliphatic hydroxyl groups excluding tert-OH is 1. The van der Waals surface area contributed by atoms with Gasteiger partial charge in [0, 0.05) is 26.7 Å². The summed E-state index contributed by atoms with van der Waals surface area (Å²) in [5.41, 5.74) is 0.813. The number of carbonyl (C=O) groups is 1. The van der Waals surface area contributed by atoms with Gasteiger partial charge in [0.2, 0.25) is 0 Å². The van der Waals surface area contributed by atoms with E-state index in [9.17, 15) is 23.1 Å². The number of aliphatic hydroxyl groups is 1. The lowest BCUT2D eigenvalue weighted by Gasteiger charge is -2.15. The molecule has 188 valence electrons. The predicted octanol–water partition coefficient (Wildman–Crippen LogP) is 1.53. The van der Waals surface area contributed by atoms with Crippen molar-refractivity contribution in [3.8, 4) is 11.8 Å². The largest absolute Gasteiger partial charge is 0.471 e. The van der Waals surface area contributed by atoms with Crippen molar-refractivity contribution in [1.82, 2.24) is 24.8 Å². The third kappa shape index (κ3) is 6.36. The number of amides is 1. The van der Waals surface area contributed by atoms with Crippen LogP contribution in [0.15, 0.2) is 30.2 Å². The maximum Gasteiger partial charge on any atom is 0.471 e. The summed E-state index contributed by atoms with van der Waals surface area (Å²) in [4.78, 5) is 25.6. The van der Waals surface area contributed by atoms with Gasteiger partial charge in [0.25, 0.3) is 0 Å². The van der Waals surface area contributed by atoms with Crippen LogP contribution >= 0.6 is 0 Å². The van der Waals surface area contributed by atoms with E-state index in [-0.39, 0.29) is 19.3 Å². The summed E-state index contributed by atoms with van der Waals surface area (Å²) in [6.07, 6.45) is -0.0328. The molecule has 0 spiro atoms. The molecule has 3 heterocycles. The Labute approximate surface area is 199 Å². The van der Waals surface area contributed by atoms with Crippen molar-refractivity contribution in [1.29, 1.82) is 0 Å². The van der Waals surface area contributed by atoms with Gasteiger partial charge in [0.15, 0.2) is 5.82 Å². The molecule has 3 unspecified atom stereocenters. The first-order chi connectivity index (χ1) is 16.7. The fourth-order valence-electron chi connectivity index (χ4n) is 3.42. The number of rotatable bonds is 8. The fraction of sp³-hybridized carbons (Fsp3) is 0.455. The minimum Gasteiger partial charge on any atom is -0.394 e. The Morgan fingerprint density at radius 3 is 2.91 bits per heavy atom. The molecule has 0 aliphatic carbocycles. The van der Waals surface area contributed by atoms with E-state index < -0.39 is 31.0 Å². The van der Waals surface area contributed by atoms with Gasteiger partial charge in [-0.15, -0.1) is 6.58 Å². The summed E-state index contributed by atoms with van der Waals surface area (Å²) >= 11 is 0. The number of fused-ring (bicyclic) bond motifs is 1. The van der Waals surface area contributed by atoms with Gasteiger partial charge in [0.1, 0.15) is 24.3 Å². The molecule has 1 amide bonds. The van der Waals surface area contributed by atoms with Crippen LogP contribution in [0.2, 0.25) is 0 Å². The maximum atomic E-state index is 12.4. The molecule has 2 aromatic heterocycles. The van der Waals surface area contributed by atoms with Crippen LogP contribution in [0.25, 0.3) is 11.0 Å². The third-order valence-electron chi connectivity index (χ3n) is 4.92. The van der Waals surface area contributed by atoms with Crippen molar-refractivity contribution in [3.05, 3.63) is 30.7 Å². The summed E-state index contributed by atoms with van der Waals surface area (Å²) < 4.78 is 50.6. The number of nitrogens with zero attached hydrogens (tertiary/aromatic N) is 5. The predicted molar refractivity (Wildman–Crippen MR) is 121 cm³/mol. The van der Waals surface area contributed by atoms with Gasteiger partial charge < -0.3 is 29.4 Å². The monoisotopic (exact) mass is 494 g/mol. The van der Waals surface area contributed by atoms with E-state index in [1.54, 1.807) is 41.2 Å². The Hall–Kier alpha value is -3.47. The topological polar surface area (TPSA) is 114 Å². The molecule has 1 saturated heterocycles. The molecule has 13 heteroatoms. The smallest absolute Gasteiger partial charge is 0.394 e. The molecule has 2 aromatic rings. The second-order valence-corrected chi connectivity index (χ2v) is 7.74. The maximum absolute atomic E-state index is 12.4. The Balaban J connectivity index is 1.98. The molecular weight excluding hydrogens is 469 g/mol. The van der Waals surface area contributed by atoms with Crippen molar-refractivity contribution in [2.75, 3.05) is 33.9 Å². The number of hydrogen-bond acceptors (Lipinski definition) is 7. The number of carbonyl (C=O) groups excluding carboxylic acids is 1. The Morgan fingerprint density at radius 2 is 2.26 bits per heavy atom. The van der Waals surface area contributed by atoms with E-state index in [1.165, 1.54) is 12.7 Å². The molecule has 0 aromatic carbocycles. The van der Waals surface area contributed by atoms with Gasteiger partial charge >= 0.3 is 12.1 Å². The molecule has 2 N–H and O–H groups in total. The molecule has 1 fully saturated rings. The van der Waals surface area contributed by atoms with Crippen molar-refractivity contribution >= 4 is 29.1 Å². The van der Waals surface area contributed by atoms with Crippen LogP contribution in [0.4, 0.5) is 19.0 Å². The van der Waals surface area contributed by atoms with Gasteiger partial charge in [-0.3, -0.25) is 4.79 Å². The lowest BCUT2D eigenvalue weighted by molar-refractivity contribution is -0.173. The normalized spacial score (nSPS) is 20.1. The van der Waals surface area contributed by atoms with Crippen molar-refractivity contribution in [2.24, 2.45) is 4.99 Å². The highest BCUT2D eigenvalue weighted by atomic mass is 19.4. The number of halogens is 3. The van der Waals surface area contributed by atoms with E-state index in [2.05, 4.69) is 33.4 Å². The van der Waals surface area contributed by atoms with Crippen molar-refractivity contribution in [3.63, 3.8) is 0 Å². The number of ether oxygens (including phenoxy) is 2. The molecule has 3 rings (SSSR count). The molecule has 0 radical (unpaired) electrons. The summed E-state index contributed by atoms with van der Waals surface area (Å²) in [5, 5.41) is 11.9. The molecule has 10 nitrogen and oxygen atoms in total. The summed E-state index contributed by atoms with van der Waals surface area (Å²) in [5.74, 6) is 3.51. The van der Waals surface area contributed by atoms with E-state index in [0.29, 0.717) is 28.8 Å². The van der Waals surface area contributed by atoms with Crippen LogP contribution in [0.5, 0.6) is 0 Å². The number of aromatic nitrogens is 3. The van der Waals surface area contributed by atoms with Crippen LogP contribution in [0.3, 0.4) is 0 Å². The van der Waals surface area contributed by atoms with Gasteiger partial charge in [-0.2, -0.15) is 13.2 Å². The van der Waals surface area contributed by atoms with Gasteiger partial charge in [-0.05, 0) is 0 Å². The zero-order valence-electron chi connectivity index (χ0n) is 19.1. The van der Waals surface area contributed by atoms with Gasteiger partial charge in [-0.1, -0.05) is 17.9 Å². The lowest BCUT2D eigenvalue weighted by Crippen LogP contribution is -2.36. The lowest BCUT2D eigenvalue weighted by atomic mass is 10.2. The molecule has 0 bridgehead atoms. The second kappa shape index (κ2) is 11.3. The SMILES string of the molecule is C=CCOC1CC(n2cc(C#CCNC(=O)C(F)(F)F)c3c(N=CN(C)C)ncnc32)OC1CO. The van der Waals surface area contributed by atoms with E-state index in [1.807, 2.05) is 0 Å². The number of nitrogens with one attached hydrogen (secondary N) is 1. The van der Waals surface area contributed by atoms with Crippen LogP contribution in [0, 0.1) is 11.8 Å². The number of alkyl halides is 3. The molecule has 1 aliphatic heterocycles. The molecule has 35 heavy (non-hydrogen) atoms. The van der Waals surface area contributed by atoms with Gasteiger partial charge in [-0.25, -0.2) is 15.0 Å². The van der Waals surface area contributed by atoms with E-state index in [4.69, 9.17) is 9.47 Å². The molecule has 3 atom stereocenters. The van der Waals surface area contributed by atoms with Crippen molar-refractivity contribution in [2.45, 2.75) is 31.0 Å². The third-order valence-corrected chi connectivity index (χ3v) is 4.92.